The third-order valence-electron chi connectivity index (χ3n) is 4.48. The van der Waals surface area contributed by atoms with Gasteiger partial charge in [-0.25, -0.2) is 18.1 Å². The van der Waals surface area contributed by atoms with Gasteiger partial charge in [0, 0.05) is 17.8 Å². The van der Waals surface area contributed by atoms with Crippen LogP contribution in [0.2, 0.25) is 0 Å². The molecular weight excluding hydrogens is 518 g/mol. The van der Waals surface area contributed by atoms with Gasteiger partial charge in [-0.15, -0.1) is 11.3 Å². The van der Waals surface area contributed by atoms with Crippen LogP contribution >= 0.6 is 27.3 Å². The molecule has 0 radical (unpaired) electrons. The van der Waals surface area contributed by atoms with Gasteiger partial charge in [0.15, 0.2) is 0 Å². The molecular formula is C19H24BrN7O3S2. The van der Waals surface area contributed by atoms with Crippen molar-refractivity contribution in [3.8, 4) is 0 Å². The highest BCUT2D eigenvalue weighted by molar-refractivity contribution is 9.10. The zero-order valence-electron chi connectivity index (χ0n) is 17.7. The third-order valence-corrected chi connectivity index (χ3v) is 7.90. The normalized spacial score (nSPS) is 13.5. The molecule has 3 rings (SSSR count). The Hall–Kier alpha value is -2.19. The molecule has 10 nitrogen and oxygen atoms in total. The molecule has 0 aliphatic rings. The summed E-state index contributed by atoms with van der Waals surface area (Å²) in [5.41, 5.74) is 1.83. The molecule has 4 N–H and O–H groups in total. The van der Waals surface area contributed by atoms with E-state index in [2.05, 4.69) is 51.2 Å². The van der Waals surface area contributed by atoms with E-state index < -0.39 is 16.1 Å². The van der Waals surface area contributed by atoms with Crippen molar-refractivity contribution in [2.45, 2.75) is 50.1 Å². The molecule has 3 aromatic rings. The van der Waals surface area contributed by atoms with Gasteiger partial charge in [-0.2, -0.15) is 4.98 Å². The second kappa shape index (κ2) is 10.6. The third kappa shape index (κ3) is 6.42. The first kappa shape index (κ1) is 24.5. The fourth-order valence-corrected chi connectivity index (χ4v) is 5.06. The molecule has 32 heavy (non-hydrogen) atoms. The Labute approximate surface area is 199 Å². The van der Waals surface area contributed by atoms with Gasteiger partial charge in [0.1, 0.15) is 10.0 Å². The van der Waals surface area contributed by atoms with E-state index in [4.69, 9.17) is 0 Å². The van der Waals surface area contributed by atoms with Crippen molar-refractivity contribution in [1.29, 1.82) is 0 Å². The maximum atomic E-state index is 12.6. The molecule has 0 bridgehead atoms. The molecule has 0 spiro atoms. The van der Waals surface area contributed by atoms with Gasteiger partial charge in [-0.05, 0) is 42.3 Å². The molecule has 1 unspecified atom stereocenters. The lowest BCUT2D eigenvalue weighted by Crippen LogP contribution is -2.30. The summed E-state index contributed by atoms with van der Waals surface area (Å²) in [6.45, 7) is 5.62. The summed E-state index contributed by atoms with van der Waals surface area (Å²) in [6, 6.07) is 1.30. The number of aliphatic hydroxyl groups is 1. The van der Waals surface area contributed by atoms with Crippen molar-refractivity contribution in [1.82, 2.24) is 24.7 Å². The fraction of sp³-hybridized carbons (Fsp3) is 0.368. The second-order valence-corrected chi connectivity index (χ2v) is 10.8. The number of aryl methyl sites for hydroxylation is 1. The Morgan fingerprint density at radius 3 is 2.69 bits per heavy atom. The Morgan fingerprint density at radius 2 is 2.00 bits per heavy atom. The SMILES string of the molecule is CCC(O)[C@@H](C)Nc1nc(Nc2csc(S(=O)(=O)NCc3cnc(C)cn3)c2)ncc1Br. The van der Waals surface area contributed by atoms with E-state index >= 15 is 0 Å². The first-order valence-electron chi connectivity index (χ1n) is 9.78. The van der Waals surface area contributed by atoms with Crippen molar-refractivity contribution in [3.63, 3.8) is 0 Å². The van der Waals surface area contributed by atoms with Crippen LogP contribution in [-0.2, 0) is 16.6 Å². The average molecular weight is 542 g/mol. The first-order valence-corrected chi connectivity index (χ1v) is 12.9. The van der Waals surface area contributed by atoms with Crippen LogP contribution in [0.4, 0.5) is 17.5 Å². The number of sulfonamides is 1. The molecule has 13 heteroatoms. The van der Waals surface area contributed by atoms with Crippen LogP contribution < -0.4 is 15.4 Å². The summed E-state index contributed by atoms with van der Waals surface area (Å²) in [5.74, 6) is 0.810. The molecule has 3 heterocycles. The molecule has 0 aromatic carbocycles. The van der Waals surface area contributed by atoms with Crippen LogP contribution in [0.1, 0.15) is 31.7 Å². The molecule has 3 aromatic heterocycles. The lowest BCUT2D eigenvalue weighted by atomic mass is 10.1. The maximum absolute atomic E-state index is 12.6. The zero-order chi connectivity index (χ0) is 23.3. The highest BCUT2D eigenvalue weighted by atomic mass is 79.9. The van der Waals surface area contributed by atoms with Crippen LogP contribution in [-0.4, -0.2) is 45.6 Å². The predicted octanol–water partition coefficient (Wildman–Crippen LogP) is 3.19. The monoisotopic (exact) mass is 541 g/mol. The molecule has 0 aliphatic carbocycles. The van der Waals surface area contributed by atoms with Gasteiger partial charge in [0.2, 0.25) is 16.0 Å². The minimum absolute atomic E-state index is 0.0446. The van der Waals surface area contributed by atoms with Crippen LogP contribution in [0.5, 0.6) is 0 Å². The number of aromatic nitrogens is 4. The van der Waals surface area contributed by atoms with Gasteiger partial charge >= 0.3 is 0 Å². The summed E-state index contributed by atoms with van der Waals surface area (Å²) in [5, 5.41) is 17.8. The number of aliphatic hydroxyl groups excluding tert-OH is 1. The average Bonchev–Trinajstić information content (AvgIpc) is 3.24. The number of rotatable bonds is 10. The van der Waals surface area contributed by atoms with E-state index in [1.807, 2.05) is 20.8 Å². The topological polar surface area (TPSA) is 142 Å². The molecule has 0 amide bonds. The number of halogens is 1. The Balaban J connectivity index is 1.67. The number of hydrogen-bond acceptors (Lipinski definition) is 10. The second-order valence-electron chi connectivity index (χ2n) is 7.05. The minimum Gasteiger partial charge on any atom is -0.391 e. The smallest absolute Gasteiger partial charge is 0.250 e. The molecule has 0 saturated heterocycles. The summed E-state index contributed by atoms with van der Waals surface area (Å²) < 4.78 is 28.5. The molecule has 0 saturated carbocycles. The highest BCUT2D eigenvalue weighted by Gasteiger charge is 2.18. The van der Waals surface area contributed by atoms with Gasteiger partial charge < -0.3 is 15.7 Å². The maximum Gasteiger partial charge on any atom is 0.250 e. The summed E-state index contributed by atoms with van der Waals surface area (Å²) in [7, 11) is -3.71. The van der Waals surface area contributed by atoms with Crippen LogP contribution in [0.15, 0.2) is 38.7 Å². The summed E-state index contributed by atoms with van der Waals surface area (Å²) >= 11 is 4.47. The van der Waals surface area contributed by atoms with E-state index in [0.29, 0.717) is 34.0 Å². The van der Waals surface area contributed by atoms with E-state index in [-0.39, 0.29) is 16.8 Å². The number of anilines is 3. The number of nitrogens with one attached hydrogen (secondary N) is 3. The number of hydrogen-bond donors (Lipinski definition) is 4. The number of thiophene rings is 1. The quantitative estimate of drug-likeness (QED) is 0.304. The lowest BCUT2D eigenvalue weighted by molar-refractivity contribution is 0.154. The summed E-state index contributed by atoms with van der Waals surface area (Å²) in [4.78, 5) is 16.9. The van der Waals surface area contributed by atoms with Gasteiger partial charge in [-0.3, -0.25) is 9.97 Å². The predicted molar refractivity (Wildman–Crippen MR) is 128 cm³/mol. The standard InChI is InChI=1S/C19H24BrN7O3S2/c1-4-16(28)12(3)25-18-15(20)9-23-19(27-18)26-13-5-17(31-10-13)32(29,30)24-8-14-7-21-11(2)6-22-14/h5-7,9-10,12,16,24,28H,4,8H2,1-3H3,(H2,23,25,26,27)/t12-,16?/m1/s1. The van der Waals surface area contributed by atoms with Crippen molar-refractivity contribution in [2.24, 2.45) is 0 Å². The molecule has 0 fully saturated rings. The van der Waals surface area contributed by atoms with Crippen LogP contribution in [0.3, 0.4) is 0 Å². The van der Waals surface area contributed by atoms with Crippen molar-refractivity contribution >= 4 is 54.7 Å². The zero-order valence-corrected chi connectivity index (χ0v) is 20.9. The van der Waals surface area contributed by atoms with Gasteiger partial charge in [0.25, 0.3) is 0 Å². The summed E-state index contributed by atoms with van der Waals surface area (Å²) in [6.07, 6.45) is 4.80. The molecule has 172 valence electrons. The highest BCUT2D eigenvalue weighted by Crippen LogP contribution is 2.27. The first-order chi connectivity index (χ1) is 15.2. The van der Waals surface area contributed by atoms with Gasteiger partial charge in [-0.1, -0.05) is 6.92 Å². The Kier molecular flexibility index (Phi) is 8.11. The fourth-order valence-electron chi connectivity index (χ4n) is 2.60. The molecule has 2 atom stereocenters. The molecule has 0 aliphatic heterocycles. The van der Waals surface area contributed by atoms with Crippen molar-refractivity contribution in [2.75, 3.05) is 10.6 Å². The van der Waals surface area contributed by atoms with Crippen LogP contribution in [0.25, 0.3) is 0 Å². The lowest BCUT2D eigenvalue weighted by Gasteiger charge is -2.20. The Morgan fingerprint density at radius 1 is 1.22 bits per heavy atom. The Bertz CT molecular complexity index is 1160. The van der Waals surface area contributed by atoms with Crippen molar-refractivity contribution in [3.05, 3.63) is 45.9 Å². The van der Waals surface area contributed by atoms with Gasteiger partial charge in [0.05, 0.1) is 46.4 Å². The minimum atomic E-state index is -3.71. The number of nitrogens with zero attached hydrogens (tertiary/aromatic N) is 4. The van der Waals surface area contributed by atoms with E-state index in [9.17, 15) is 13.5 Å². The van der Waals surface area contributed by atoms with Crippen LogP contribution in [0, 0.1) is 6.92 Å². The van der Waals surface area contributed by atoms with E-state index in [1.54, 1.807) is 17.8 Å². The largest absolute Gasteiger partial charge is 0.391 e. The van der Waals surface area contributed by atoms with E-state index in [1.165, 1.54) is 12.3 Å². The van der Waals surface area contributed by atoms with E-state index in [0.717, 1.165) is 17.0 Å². The van der Waals surface area contributed by atoms with Crippen molar-refractivity contribution < 1.29 is 13.5 Å².